The van der Waals surface area contributed by atoms with Crippen molar-refractivity contribution in [1.29, 1.82) is 0 Å². The number of nitrogens with zero attached hydrogens (tertiary/aromatic N) is 2. The van der Waals surface area contributed by atoms with Crippen molar-refractivity contribution in [2.45, 2.75) is 32.1 Å². The van der Waals surface area contributed by atoms with E-state index in [0.717, 1.165) is 12.8 Å². The molecule has 21 heavy (non-hydrogen) atoms. The van der Waals surface area contributed by atoms with E-state index >= 15 is 0 Å². The summed E-state index contributed by atoms with van der Waals surface area (Å²) in [6.45, 7) is 2.44. The van der Waals surface area contributed by atoms with Crippen molar-refractivity contribution in [2.24, 2.45) is 5.92 Å². The Bertz CT molecular complexity index is 657. The molecule has 0 atom stereocenters. The predicted molar refractivity (Wildman–Crippen MR) is 73.2 cm³/mol. The lowest BCUT2D eigenvalue weighted by molar-refractivity contribution is -0.139. The molecule has 2 fully saturated rings. The molecule has 2 N–H and O–H groups in total. The Labute approximate surface area is 121 Å². The van der Waals surface area contributed by atoms with Crippen molar-refractivity contribution < 1.29 is 14.7 Å². The molecule has 0 bridgehead atoms. The van der Waals surface area contributed by atoms with Gasteiger partial charge in [-0.05, 0) is 19.8 Å². The summed E-state index contributed by atoms with van der Waals surface area (Å²) < 4.78 is 0. The molecule has 7 heteroatoms. The van der Waals surface area contributed by atoms with E-state index in [-0.39, 0.29) is 23.8 Å². The summed E-state index contributed by atoms with van der Waals surface area (Å²) in [6.07, 6.45) is 2.11. The van der Waals surface area contributed by atoms with Crippen LogP contribution in [-0.4, -0.2) is 44.9 Å². The Morgan fingerprint density at radius 3 is 2.57 bits per heavy atom. The average molecular weight is 291 g/mol. The number of aliphatic carboxylic acids is 1. The van der Waals surface area contributed by atoms with E-state index in [0.29, 0.717) is 30.5 Å². The molecule has 0 spiro atoms. The average Bonchev–Trinajstić information content (AvgIpc) is 3.15. The lowest BCUT2D eigenvalue weighted by Gasteiger charge is -2.38. The summed E-state index contributed by atoms with van der Waals surface area (Å²) >= 11 is 0. The van der Waals surface area contributed by atoms with Gasteiger partial charge in [-0.15, -0.1) is 0 Å². The summed E-state index contributed by atoms with van der Waals surface area (Å²) in [5, 5.41) is 8.70. The first-order chi connectivity index (χ1) is 9.95. The Hall–Kier alpha value is -2.18. The third-order valence-corrected chi connectivity index (χ3v) is 4.00. The van der Waals surface area contributed by atoms with E-state index in [1.54, 1.807) is 6.92 Å². The summed E-state index contributed by atoms with van der Waals surface area (Å²) in [6, 6.07) is 0. The molecule has 112 valence electrons. The molecule has 7 nitrogen and oxygen atoms in total. The first-order valence-corrected chi connectivity index (χ1v) is 7.07. The van der Waals surface area contributed by atoms with Gasteiger partial charge in [-0.2, -0.15) is 0 Å². The maximum Gasteiger partial charge on any atom is 0.303 e. The predicted octanol–water partition coefficient (Wildman–Crippen LogP) is 0.502. The molecule has 3 rings (SSSR count). The van der Waals surface area contributed by atoms with Crippen LogP contribution in [-0.2, 0) is 4.79 Å². The standard InChI is InChI=1S/C14H17N3O4/c1-7-11(13(20)16-12(15-7)9-2-3-9)14(21)17-5-8(6-17)4-10(18)19/h8-9H,2-6H2,1H3,(H,18,19)(H,15,16,20). The number of nitrogens with one attached hydrogen (secondary N) is 1. The van der Waals surface area contributed by atoms with E-state index < -0.39 is 11.5 Å². The van der Waals surface area contributed by atoms with Crippen LogP contribution in [0.4, 0.5) is 0 Å². The van der Waals surface area contributed by atoms with Gasteiger partial charge >= 0.3 is 5.97 Å². The molecule has 2 heterocycles. The highest BCUT2D eigenvalue weighted by Gasteiger charge is 2.35. The number of rotatable bonds is 4. The second kappa shape index (κ2) is 4.98. The van der Waals surface area contributed by atoms with Crippen LogP contribution in [0, 0.1) is 12.8 Å². The molecule has 1 saturated heterocycles. The molecular formula is C14H17N3O4. The van der Waals surface area contributed by atoms with Crippen LogP contribution < -0.4 is 5.56 Å². The highest BCUT2D eigenvalue weighted by Crippen LogP contribution is 2.37. The van der Waals surface area contributed by atoms with Gasteiger partial charge in [0.25, 0.3) is 11.5 Å². The minimum atomic E-state index is -0.864. The van der Waals surface area contributed by atoms with Gasteiger partial charge in [-0.25, -0.2) is 4.98 Å². The maximum absolute atomic E-state index is 12.3. The van der Waals surface area contributed by atoms with E-state index in [2.05, 4.69) is 9.97 Å². The van der Waals surface area contributed by atoms with E-state index in [9.17, 15) is 14.4 Å². The van der Waals surface area contributed by atoms with Crippen molar-refractivity contribution in [1.82, 2.24) is 14.9 Å². The van der Waals surface area contributed by atoms with Crippen LogP contribution in [0.1, 0.15) is 47.1 Å². The quantitative estimate of drug-likeness (QED) is 0.841. The zero-order valence-corrected chi connectivity index (χ0v) is 11.8. The number of amides is 1. The number of aryl methyl sites for hydroxylation is 1. The van der Waals surface area contributed by atoms with Gasteiger partial charge in [0.15, 0.2) is 0 Å². The molecule has 1 aliphatic carbocycles. The van der Waals surface area contributed by atoms with E-state index in [1.807, 2.05) is 0 Å². The minimum absolute atomic E-state index is 0.0236. The molecule has 1 amide bonds. The number of H-pyrrole nitrogens is 1. The highest BCUT2D eigenvalue weighted by molar-refractivity contribution is 5.95. The molecule has 0 radical (unpaired) electrons. The van der Waals surface area contributed by atoms with Crippen LogP contribution in [0.3, 0.4) is 0 Å². The maximum atomic E-state index is 12.3. The molecule has 1 saturated carbocycles. The number of aromatic amines is 1. The van der Waals surface area contributed by atoms with Gasteiger partial charge in [0.05, 0.1) is 12.1 Å². The van der Waals surface area contributed by atoms with Crippen LogP contribution in [0.5, 0.6) is 0 Å². The number of hydrogen-bond donors (Lipinski definition) is 2. The number of carboxylic acid groups (broad SMARTS) is 1. The number of carboxylic acids is 1. The fourth-order valence-electron chi connectivity index (χ4n) is 2.68. The topological polar surface area (TPSA) is 103 Å². The van der Waals surface area contributed by atoms with Crippen molar-refractivity contribution in [3.05, 3.63) is 27.4 Å². The van der Waals surface area contributed by atoms with Gasteiger partial charge in [-0.3, -0.25) is 14.4 Å². The SMILES string of the molecule is Cc1nc(C2CC2)[nH]c(=O)c1C(=O)N1CC(CC(=O)O)C1. The van der Waals surface area contributed by atoms with Gasteiger partial charge in [0.1, 0.15) is 11.4 Å². The van der Waals surface area contributed by atoms with Crippen LogP contribution in [0.2, 0.25) is 0 Å². The highest BCUT2D eigenvalue weighted by atomic mass is 16.4. The van der Waals surface area contributed by atoms with Gasteiger partial charge < -0.3 is 15.0 Å². The zero-order chi connectivity index (χ0) is 15.1. The zero-order valence-electron chi connectivity index (χ0n) is 11.8. The Morgan fingerprint density at radius 2 is 2.05 bits per heavy atom. The van der Waals surface area contributed by atoms with Crippen molar-refractivity contribution in [2.75, 3.05) is 13.1 Å². The molecule has 2 aliphatic rings. The molecule has 0 aromatic carbocycles. The number of carbonyl (C=O) groups excluding carboxylic acids is 1. The molecule has 1 aromatic rings. The third kappa shape index (κ3) is 2.68. The Balaban J connectivity index is 1.74. The normalized spacial score (nSPS) is 18.4. The second-order valence-electron chi connectivity index (χ2n) is 5.86. The number of hydrogen-bond acceptors (Lipinski definition) is 4. The summed E-state index contributed by atoms with van der Waals surface area (Å²) in [5.41, 5.74) is 0.136. The summed E-state index contributed by atoms with van der Waals surface area (Å²) in [7, 11) is 0. The van der Waals surface area contributed by atoms with E-state index in [1.165, 1.54) is 4.90 Å². The number of aromatic nitrogens is 2. The van der Waals surface area contributed by atoms with Crippen LogP contribution >= 0.6 is 0 Å². The Morgan fingerprint density at radius 1 is 1.38 bits per heavy atom. The first-order valence-electron chi connectivity index (χ1n) is 7.07. The van der Waals surface area contributed by atoms with Gasteiger partial charge in [0.2, 0.25) is 0 Å². The number of likely N-dealkylation sites (tertiary alicyclic amines) is 1. The van der Waals surface area contributed by atoms with Gasteiger partial charge in [0, 0.05) is 24.9 Å². The Kier molecular flexibility index (Phi) is 3.27. The lowest BCUT2D eigenvalue weighted by atomic mass is 9.95. The third-order valence-electron chi connectivity index (χ3n) is 4.00. The lowest BCUT2D eigenvalue weighted by Crippen LogP contribution is -2.52. The van der Waals surface area contributed by atoms with Crippen molar-refractivity contribution in [3.63, 3.8) is 0 Å². The first kappa shape index (κ1) is 13.8. The molecule has 1 aliphatic heterocycles. The second-order valence-corrected chi connectivity index (χ2v) is 5.86. The largest absolute Gasteiger partial charge is 0.481 e. The van der Waals surface area contributed by atoms with Gasteiger partial charge in [-0.1, -0.05) is 0 Å². The summed E-state index contributed by atoms with van der Waals surface area (Å²) in [5.74, 6) is -0.253. The van der Waals surface area contributed by atoms with Crippen LogP contribution in [0.25, 0.3) is 0 Å². The minimum Gasteiger partial charge on any atom is -0.481 e. The molecular weight excluding hydrogens is 274 g/mol. The fraction of sp³-hybridized carbons (Fsp3) is 0.571. The molecule has 1 aromatic heterocycles. The molecule has 0 unspecified atom stereocenters. The van der Waals surface area contributed by atoms with E-state index in [4.69, 9.17) is 5.11 Å². The van der Waals surface area contributed by atoms with Crippen molar-refractivity contribution in [3.8, 4) is 0 Å². The van der Waals surface area contributed by atoms with Crippen LogP contribution in [0.15, 0.2) is 4.79 Å². The fourth-order valence-corrected chi connectivity index (χ4v) is 2.68. The summed E-state index contributed by atoms with van der Waals surface area (Å²) in [4.78, 5) is 43.5. The smallest absolute Gasteiger partial charge is 0.303 e. The monoisotopic (exact) mass is 291 g/mol. The van der Waals surface area contributed by atoms with Crippen molar-refractivity contribution >= 4 is 11.9 Å². The number of carbonyl (C=O) groups is 2.